The Kier molecular flexibility index (Phi) is 4.70. The van der Waals surface area contributed by atoms with Crippen LogP contribution in [0.25, 0.3) is 0 Å². The van der Waals surface area contributed by atoms with Gasteiger partial charge in [0, 0.05) is 18.0 Å². The lowest BCUT2D eigenvalue weighted by atomic mass is 10.2. The molecule has 3 rings (SSSR count). The number of amides is 1. The largest absolute Gasteiger partial charge is 0.444 e. The van der Waals surface area contributed by atoms with Crippen molar-refractivity contribution in [1.82, 2.24) is 23.9 Å². The second-order valence-electron chi connectivity index (χ2n) is 7.10. The molecular formula is C15H19F2N5O4S. The smallest absolute Gasteiger partial charge is 0.410 e. The highest BCUT2D eigenvalue weighted by Gasteiger charge is 2.32. The van der Waals surface area contributed by atoms with Gasteiger partial charge in [-0.15, -0.1) is 0 Å². The van der Waals surface area contributed by atoms with E-state index >= 15 is 0 Å². The summed E-state index contributed by atoms with van der Waals surface area (Å²) in [6.07, 6.45) is 0.175. The Labute approximate surface area is 154 Å². The van der Waals surface area contributed by atoms with Gasteiger partial charge in [0.05, 0.1) is 25.0 Å². The summed E-state index contributed by atoms with van der Waals surface area (Å²) in [4.78, 5) is 13.3. The number of hydrogen-bond acceptors (Lipinski definition) is 6. The zero-order valence-corrected chi connectivity index (χ0v) is 15.8. The fourth-order valence-corrected chi connectivity index (χ4v) is 3.66. The van der Waals surface area contributed by atoms with Crippen molar-refractivity contribution in [1.29, 1.82) is 0 Å². The number of hydrogen-bond donors (Lipinski definition) is 0. The molecule has 12 heteroatoms. The van der Waals surface area contributed by atoms with E-state index in [2.05, 4.69) is 10.2 Å². The average molecular weight is 403 g/mol. The third-order valence-corrected chi connectivity index (χ3v) is 5.17. The number of halogens is 2. The summed E-state index contributed by atoms with van der Waals surface area (Å²) >= 11 is 0. The highest BCUT2D eigenvalue weighted by molar-refractivity contribution is 7.89. The van der Waals surface area contributed by atoms with E-state index in [0.29, 0.717) is 11.3 Å². The van der Waals surface area contributed by atoms with E-state index in [4.69, 9.17) is 4.74 Å². The van der Waals surface area contributed by atoms with Crippen LogP contribution in [-0.4, -0.2) is 50.4 Å². The third-order valence-electron chi connectivity index (χ3n) is 3.69. The predicted molar refractivity (Wildman–Crippen MR) is 88.5 cm³/mol. The van der Waals surface area contributed by atoms with Crippen molar-refractivity contribution in [3.63, 3.8) is 0 Å². The van der Waals surface area contributed by atoms with Gasteiger partial charge in [0.1, 0.15) is 17.0 Å². The van der Waals surface area contributed by atoms with Crippen LogP contribution < -0.4 is 0 Å². The Morgan fingerprint density at radius 2 is 2.00 bits per heavy atom. The number of alkyl halides is 2. The van der Waals surface area contributed by atoms with Crippen LogP contribution in [-0.2, 0) is 34.4 Å². The highest BCUT2D eigenvalue weighted by Crippen LogP contribution is 2.25. The molecule has 0 saturated heterocycles. The van der Waals surface area contributed by atoms with Gasteiger partial charge in [0.2, 0.25) is 0 Å². The van der Waals surface area contributed by atoms with E-state index in [1.807, 2.05) is 0 Å². The van der Waals surface area contributed by atoms with Crippen LogP contribution in [0.1, 0.15) is 32.0 Å². The van der Waals surface area contributed by atoms with Gasteiger partial charge in [-0.25, -0.2) is 13.6 Å². The molecule has 0 saturated carbocycles. The minimum absolute atomic E-state index is 0.122. The number of carbonyl (C=O) groups is 1. The summed E-state index contributed by atoms with van der Waals surface area (Å²) in [7, 11) is -4.06. The first-order chi connectivity index (χ1) is 12.5. The second kappa shape index (κ2) is 6.59. The van der Waals surface area contributed by atoms with E-state index in [1.54, 1.807) is 20.8 Å². The van der Waals surface area contributed by atoms with Gasteiger partial charge in [-0.1, -0.05) is 0 Å². The fourth-order valence-electron chi connectivity index (χ4n) is 2.53. The Morgan fingerprint density at radius 3 is 2.59 bits per heavy atom. The first kappa shape index (κ1) is 19.3. The van der Waals surface area contributed by atoms with Gasteiger partial charge in [-0.3, -0.25) is 9.58 Å². The van der Waals surface area contributed by atoms with E-state index in [-0.39, 0.29) is 18.0 Å². The third kappa shape index (κ3) is 4.10. The van der Waals surface area contributed by atoms with E-state index in [1.165, 1.54) is 11.1 Å². The van der Waals surface area contributed by atoms with E-state index in [9.17, 15) is 22.0 Å². The molecule has 1 aliphatic heterocycles. The molecule has 9 nitrogen and oxygen atoms in total. The molecule has 1 amide bonds. The van der Waals surface area contributed by atoms with Gasteiger partial charge in [0.25, 0.3) is 16.4 Å². The van der Waals surface area contributed by atoms with Crippen molar-refractivity contribution >= 4 is 16.1 Å². The topological polar surface area (TPSA) is 99.3 Å². The summed E-state index contributed by atoms with van der Waals surface area (Å²) < 4.78 is 56.9. The summed E-state index contributed by atoms with van der Waals surface area (Å²) in [5.41, 5.74) is 0.368. The normalized spacial score (nSPS) is 14.7. The summed E-state index contributed by atoms with van der Waals surface area (Å²) in [5.74, 6) is 0. The van der Waals surface area contributed by atoms with Crippen molar-refractivity contribution < 1.29 is 26.7 Å². The number of carbonyl (C=O) groups excluding carboxylic acids is 1. The molecule has 0 aromatic carbocycles. The molecule has 2 aromatic rings. The van der Waals surface area contributed by atoms with Crippen molar-refractivity contribution in [2.24, 2.45) is 0 Å². The van der Waals surface area contributed by atoms with Crippen LogP contribution in [0.5, 0.6) is 0 Å². The maximum Gasteiger partial charge on any atom is 0.410 e. The quantitative estimate of drug-likeness (QED) is 0.772. The van der Waals surface area contributed by atoms with E-state index in [0.717, 1.165) is 21.2 Å². The van der Waals surface area contributed by atoms with Crippen LogP contribution in [0, 0.1) is 0 Å². The highest BCUT2D eigenvalue weighted by atomic mass is 32.2. The minimum Gasteiger partial charge on any atom is -0.444 e. The van der Waals surface area contributed by atoms with Crippen molar-refractivity contribution in [3.8, 4) is 0 Å². The van der Waals surface area contributed by atoms with Gasteiger partial charge in [0.15, 0.2) is 0 Å². The lowest BCUT2D eigenvalue weighted by molar-refractivity contribution is 0.0239. The molecule has 3 heterocycles. The van der Waals surface area contributed by atoms with Crippen molar-refractivity contribution in [3.05, 3.63) is 29.8 Å². The van der Waals surface area contributed by atoms with Gasteiger partial charge in [-0.2, -0.15) is 22.7 Å². The van der Waals surface area contributed by atoms with Crippen LogP contribution in [0.15, 0.2) is 23.5 Å². The standard InChI is InChI=1S/C15H19F2N5O4S/c1-15(2,3)26-14(23)20-5-10-6-22(19-12(10)8-20)27(24,25)11-4-18-21(7-11)9-13(16)17/h4,6-7,13H,5,8-9H2,1-3H3. The number of nitrogens with zero attached hydrogens (tertiary/aromatic N) is 5. The van der Waals surface area contributed by atoms with Crippen LogP contribution in [0.4, 0.5) is 13.6 Å². The van der Waals surface area contributed by atoms with Gasteiger partial charge < -0.3 is 4.74 Å². The molecule has 0 bridgehead atoms. The summed E-state index contributed by atoms with van der Waals surface area (Å²) in [6.45, 7) is 4.85. The van der Waals surface area contributed by atoms with Gasteiger partial charge in [-0.05, 0) is 20.8 Å². The first-order valence-electron chi connectivity index (χ1n) is 8.07. The zero-order valence-electron chi connectivity index (χ0n) is 15.0. The zero-order chi connectivity index (χ0) is 20.0. The van der Waals surface area contributed by atoms with Crippen LogP contribution in [0.3, 0.4) is 0 Å². The SMILES string of the molecule is CC(C)(C)OC(=O)N1Cc2cn(S(=O)(=O)c3cnn(CC(F)F)c3)nc2C1. The Bertz CT molecular complexity index is 938. The summed E-state index contributed by atoms with van der Waals surface area (Å²) in [6, 6.07) is 0. The fraction of sp³-hybridized carbons (Fsp3) is 0.533. The first-order valence-corrected chi connectivity index (χ1v) is 9.51. The second-order valence-corrected chi connectivity index (χ2v) is 8.90. The molecule has 0 radical (unpaired) electrons. The molecule has 0 N–H and O–H groups in total. The molecule has 148 valence electrons. The average Bonchev–Trinajstić information content (AvgIpc) is 3.17. The maximum absolute atomic E-state index is 12.6. The maximum atomic E-state index is 12.6. The van der Waals surface area contributed by atoms with Gasteiger partial charge >= 0.3 is 6.09 Å². The summed E-state index contributed by atoms with van der Waals surface area (Å²) in [5, 5.41) is 7.66. The Balaban J connectivity index is 1.76. The molecule has 0 unspecified atom stereocenters. The number of ether oxygens (including phenoxy) is 1. The lowest BCUT2D eigenvalue weighted by Gasteiger charge is -2.24. The Hall–Kier alpha value is -2.50. The van der Waals surface area contributed by atoms with Crippen LogP contribution >= 0.6 is 0 Å². The molecule has 27 heavy (non-hydrogen) atoms. The Morgan fingerprint density at radius 1 is 1.30 bits per heavy atom. The molecule has 1 aliphatic rings. The minimum atomic E-state index is -4.06. The van der Waals surface area contributed by atoms with Crippen molar-refractivity contribution in [2.45, 2.75) is 57.3 Å². The predicted octanol–water partition coefficient (Wildman–Crippen LogP) is 1.83. The number of fused-ring (bicyclic) bond motifs is 1. The molecule has 0 spiro atoms. The monoisotopic (exact) mass is 403 g/mol. The molecule has 0 atom stereocenters. The molecular weight excluding hydrogens is 384 g/mol. The lowest BCUT2D eigenvalue weighted by Crippen LogP contribution is -2.33. The number of aromatic nitrogens is 4. The van der Waals surface area contributed by atoms with E-state index < -0.39 is 34.7 Å². The molecule has 0 fully saturated rings. The number of rotatable bonds is 4. The molecule has 0 aliphatic carbocycles. The molecule has 2 aromatic heterocycles. The van der Waals surface area contributed by atoms with Crippen molar-refractivity contribution in [2.75, 3.05) is 0 Å². The van der Waals surface area contributed by atoms with Crippen LogP contribution in [0.2, 0.25) is 0 Å².